The van der Waals surface area contributed by atoms with Gasteiger partial charge in [0.15, 0.2) is 0 Å². The number of rotatable bonds is 2. The Morgan fingerprint density at radius 2 is 2.10 bits per heavy atom. The van der Waals surface area contributed by atoms with Crippen LogP contribution in [0.25, 0.3) is 22.3 Å². The number of hydrogen-bond donors (Lipinski definition) is 1. The van der Waals surface area contributed by atoms with Gasteiger partial charge in [0.05, 0.1) is 28.0 Å². The molecule has 0 bridgehead atoms. The Morgan fingerprint density at radius 1 is 1.30 bits per heavy atom. The fourth-order valence-corrected chi connectivity index (χ4v) is 2.65. The number of halogens is 1. The number of nitrogens with zero attached hydrogens (tertiary/aromatic N) is 2. The van der Waals surface area contributed by atoms with Crippen molar-refractivity contribution in [2.24, 2.45) is 0 Å². The number of fused-ring (bicyclic) bond motifs is 1. The molecular weight excluding hydrogens is 279 g/mol. The normalized spacial score (nSPS) is 10.9. The van der Waals surface area contributed by atoms with Gasteiger partial charge in [0.25, 0.3) is 0 Å². The number of aromatic nitrogens is 2. The third-order valence-corrected chi connectivity index (χ3v) is 3.58. The molecule has 0 saturated carbocycles. The Balaban J connectivity index is 2.40. The molecule has 4 nitrogen and oxygen atoms in total. The van der Waals surface area contributed by atoms with Gasteiger partial charge in [-0.25, -0.2) is 19.2 Å². The summed E-state index contributed by atoms with van der Waals surface area (Å²) < 4.78 is 13.5. The van der Waals surface area contributed by atoms with Gasteiger partial charge in [-0.2, -0.15) is 0 Å². The van der Waals surface area contributed by atoms with Crippen LogP contribution in [0, 0.1) is 12.7 Å². The number of pyridine rings is 1. The van der Waals surface area contributed by atoms with E-state index >= 15 is 0 Å². The lowest BCUT2D eigenvalue weighted by Crippen LogP contribution is -2.02. The summed E-state index contributed by atoms with van der Waals surface area (Å²) >= 11 is 1.40. The summed E-state index contributed by atoms with van der Waals surface area (Å²) in [6.45, 7) is 1.70. The minimum absolute atomic E-state index is 0.0283. The smallest absolute Gasteiger partial charge is 0.336 e. The zero-order valence-electron chi connectivity index (χ0n) is 10.4. The molecule has 6 heteroatoms. The van der Waals surface area contributed by atoms with Crippen molar-refractivity contribution in [2.45, 2.75) is 6.92 Å². The monoisotopic (exact) mass is 288 g/mol. The summed E-state index contributed by atoms with van der Waals surface area (Å²) in [5, 5.41) is 11.4. The van der Waals surface area contributed by atoms with Crippen LogP contribution < -0.4 is 0 Å². The lowest BCUT2D eigenvalue weighted by atomic mass is 10.0. The first-order valence-electron chi connectivity index (χ1n) is 5.79. The van der Waals surface area contributed by atoms with Gasteiger partial charge < -0.3 is 5.11 Å². The van der Waals surface area contributed by atoms with Crippen LogP contribution in [0.3, 0.4) is 0 Å². The number of thiazole rings is 1. The molecule has 0 spiro atoms. The van der Waals surface area contributed by atoms with E-state index < -0.39 is 11.8 Å². The Kier molecular flexibility index (Phi) is 2.94. The average Bonchev–Trinajstić information content (AvgIpc) is 2.91. The van der Waals surface area contributed by atoms with E-state index in [-0.39, 0.29) is 5.56 Å². The van der Waals surface area contributed by atoms with Crippen LogP contribution in [0.5, 0.6) is 0 Å². The minimum Gasteiger partial charge on any atom is -0.478 e. The molecule has 1 aromatic carbocycles. The maximum absolute atomic E-state index is 13.5. The molecule has 0 radical (unpaired) electrons. The molecule has 0 aliphatic rings. The second kappa shape index (κ2) is 4.64. The van der Waals surface area contributed by atoms with E-state index in [1.807, 2.05) is 0 Å². The van der Waals surface area contributed by atoms with Gasteiger partial charge in [0.1, 0.15) is 5.82 Å². The van der Waals surface area contributed by atoms with Crippen molar-refractivity contribution in [1.29, 1.82) is 0 Å². The molecule has 0 atom stereocenters. The Hall–Kier alpha value is -2.34. The lowest BCUT2D eigenvalue weighted by Gasteiger charge is -2.08. The number of carboxylic acids is 1. The van der Waals surface area contributed by atoms with Crippen LogP contribution in [-0.4, -0.2) is 21.0 Å². The molecule has 0 aliphatic carbocycles. The number of carboxylic acid groups (broad SMARTS) is 1. The summed E-state index contributed by atoms with van der Waals surface area (Å²) in [4.78, 5) is 19.9. The highest BCUT2D eigenvalue weighted by Crippen LogP contribution is 2.27. The van der Waals surface area contributed by atoms with Gasteiger partial charge in [-0.15, -0.1) is 11.3 Å². The molecule has 0 saturated heterocycles. The fraction of sp³-hybridized carbons (Fsp3) is 0.0714. The van der Waals surface area contributed by atoms with Crippen LogP contribution in [0.4, 0.5) is 4.39 Å². The van der Waals surface area contributed by atoms with Crippen LogP contribution in [0.2, 0.25) is 0 Å². The highest BCUT2D eigenvalue weighted by Gasteiger charge is 2.16. The van der Waals surface area contributed by atoms with Gasteiger partial charge in [-0.05, 0) is 30.7 Å². The number of carbonyl (C=O) groups is 1. The van der Waals surface area contributed by atoms with Crippen molar-refractivity contribution in [3.63, 3.8) is 0 Å². The molecule has 2 heterocycles. The van der Waals surface area contributed by atoms with Crippen LogP contribution >= 0.6 is 11.3 Å². The number of benzene rings is 1. The third-order valence-electron chi connectivity index (χ3n) is 2.99. The van der Waals surface area contributed by atoms with Crippen LogP contribution in [0.1, 0.15) is 15.9 Å². The maximum Gasteiger partial charge on any atom is 0.336 e. The van der Waals surface area contributed by atoms with Crippen molar-refractivity contribution < 1.29 is 14.3 Å². The maximum atomic E-state index is 13.5. The molecule has 100 valence electrons. The van der Waals surface area contributed by atoms with Gasteiger partial charge in [-0.1, -0.05) is 0 Å². The van der Waals surface area contributed by atoms with Crippen molar-refractivity contribution in [1.82, 2.24) is 9.97 Å². The van der Waals surface area contributed by atoms with Gasteiger partial charge in [0, 0.05) is 10.8 Å². The minimum atomic E-state index is -1.11. The van der Waals surface area contributed by atoms with Crippen molar-refractivity contribution in [2.75, 3.05) is 0 Å². The van der Waals surface area contributed by atoms with E-state index in [9.17, 15) is 14.3 Å². The quantitative estimate of drug-likeness (QED) is 0.784. The standard InChI is InChI=1S/C14H9FN2O2S/c1-7-2-8(15)3-9-10(14(18)19)4-11(17-13(7)9)12-5-20-6-16-12/h2-6H,1H3,(H,18,19). The van der Waals surface area contributed by atoms with Gasteiger partial charge >= 0.3 is 5.97 Å². The SMILES string of the molecule is Cc1cc(F)cc2c(C(=O)O)cc(-c3cscn3)nc12. The number of hydrogen-bond acceptors (Lipinski definition) is 4. The fourth-order valence-electron chi connectivity index (χ4n) is 2.10. The lowest BCUT2D eigenvalue weighted by molar-refractivity contribution is 0.0699. The highest BCUT2D eigenvalue weighted by molar-refractivity contribution is 7.07. The second-order valence-corrected chi connectivity index (χ2v) is 5.07. The second-order valence-electron chi connectivity index (χ2n) is 4.35. The van der Waals surface area contributed by atoms with Crippen molar-refractivity contribution >= 4 is 28.2 Å². The van der Waals surface area contributed by atoms with Crippen molar-refractivity contribution in [3.05, 3.63) is 46.0 Å². The van der Waals surface area contributed by atoms with Crippen LogP contribution in [0.15, 0.2) is 29.1 Å². The number of aryl methyl sites for hydroxylation is 1. The van der Waals surface area contributed by atoms with E-state index in [2.05, 4.69) is 9.97 Å². The largest absolute Gasteiger partial charge is 0.478 e. The Labute approximate surface area is 117 Å². The molecule has 2 aromatic heterocycles. The van der Waals surface area contributed by atoms with E-state index in [1.54, 1.807) is 17.8 Å². The zero-order valence-corrected chi connectivity index (χ0v) is 11.2. The summed E-state index contributed by atoms with van der Waals surface area (Å²) in [6, 6.07) is 3.97. The number of aromatic carboxylic acids is 1. The summed E-state index contributed by atoms with van der Waals surface area (Å²) in [5.74, 6) is -1.58. The molecule has 0 amide bonds. The highest BCUT2D eigenvalue weighted by atomic mass is 32.1. The average molecular weight is 288 g/mol. The molecule has 0 unspecified atom stereocenters. The van der Waals surface area contributed by atoms with E-state index in [1.165, 1.54) is 29.5 Å². The first-order chi connectivity index (χ1) is 9.56. The van der Waals surface area contributed by atoms with Gasteiger partial charge in [0.2, 0.25) is 0 Å². The molecule has 3 rings (SSSR count). The van der Waals surface area contributed by atoms with Gasteiger partial charge in [-0.3, -0.25) is 0 Å². The first-order valence-corrected chi connectivity index (χ1v) is 6.73. The molecule has 0 fully saturated rings. The third kappa shape index (κ3) is 2.04. The molecule has 0 aliphatic heterocycles. The summed E-state index contributed by atoms with van der Waals surface area (Å²) in [5.41, 5.74) is 3.85. The molecule has 1 N–H and O–H groups in total. The Bertz CT molecular complexity index is 816. The predicted octanol–water partition coefficient (Wildman–Crippen LogP) is 3.50. The first kappa shape index (κ1) is 12.7. The summed E-state index contributed by atoms with van der Waals surface area (Å²) in [6.07, 6.45) is 0. The predicted molar refractivity (Wildman–Crippen MR) is 74.5 cm³/mol. The topological polar surface area (TPSA) is 63.1 Å². The Morgan fingerprint density at radius 3 is 2.75 bits per heavy atom. The molecule has 20 heavy (non-hydrogen) atoms. The molecule has 3 aromatic rings. The van der Waals surface area contributed by atoms with Crippen molar-refractivity contribution in [3.8, 4) is 11.4 Å². The molecular formula is C14H9FN2O2S. The van der Waals surface area contributed by atoms with E-state index in [4.69, 9.17) is 0 Å². The van der Waals surface area contributed by atoms with Crippen LogP contribution in [-0.2, 0) is 0 Å². The zero-order chi connectivity index (χ0) is 14.3. The summed E-state index contributed by atoms with van der Waals surface area (Å²) in [7, 11) is 0. The van der Waals surface area contributed by atoms with E-state index in [0.717, 1.165) is 0 Å². The van der Waals surface area contributed by atoms with E-state index in [0.29, 0.717) is 27.9 Å².